The SMILES string of the molecule is COCC(C)N=C(NN)Nc1ccc(F)c(OC)c1. The number of guanidine groups is 1. The summed E-state index contributed by atoms with van der Waals surface area (Å²) in [5.74, 6) is 5.45. The quantitative estimate of drug-likeness (QED) is 0.323. The minimum atomic E-state index is -0.431. The third kappa shape index (κ3) is 4.72. The monoisotopic (exact) mass is 270 g/mol. The van der Waals surface area contributed by atoms with Crippen molar-refractivity contribution in [1.29, 1.82) is 0 Å². The van der Waals surface area contributed by atoms with Crippen molar-refractivity contribution in [3.05, 3.63) is 24.0 Å². The lowest BCUT2D eigenvalue weighted by Crippen LogP contribution is -2.37. The number of hydrogen-bond donors (Lipinski definition) is 3. The number of anilines is 1. The Morgan fingerprint density at radius 1 is 1.47 bits per heavy atom. The first kappa shape index (κ1) is 15.2. The third-order valence-corrected chi connectivity index (χ3v) is 2.31. The molecule has 0 fully saturated rings. The van der Waals surface area contributed by atoms with E-state index in [0.29, 0.717) is 18.3 Å². The molecular weight excluding hydrogens is 251 g/mol. The van der Waals surface area contributed by atoms with Crippen LogP contribution in [0.5, 0.6) is 5.75 Å². The van der Waals surface area contributed by atoms with E-state index in [0.717, 1.165) is 0 Å². The molecule has 1 unspecified atom stereocenters. The van der Waals surface area contributed by atoms with E-state index >= 15 is 0 Å². The van der Waals surface area contributed by atoms with Gasteiger partial charge in [-0.2, -0.15) is 0 Å². The topological polar surface area (TPSA) is 80.9 Å². The lowest BCUT2D eigenvalue weighted by molar-refractivity contribution is 0.185. The van der Waals surface area contributed by atoms with Crippen LogP contribution in [0, 0.1) is 5.82 Å². The second kappa shape index (κ2) is 7.55. The van der Waals surface area contributed by atoms with Gasteiger partial charge in [0, 0.05) is 18.9 Å². The highest BCUT2D eigenvalue weighted by Gasteiger charge is 2.06. The Bertz CT molecular complexity index is 440. The van der Waals surface area contributed by atoms with Gasteiger partial charge in [-0.3, -0.25) is 5.43 Å². The molecule has 1 atom stereocenters. The number of hydrogen-bond acceptors (Lipinski definition) is 4. The molecule has 0 aliphatic rings. The molecule has 0 aliphatic heterocycles. The van der Waals surface area contributed by atoms with Crippen molar-refractivity contribution in [2.24, 2.45) is 10.8 Å². The number of benzene rings is 1. The maximum absolute atomic E-state index is 13.3. The third-order valence-electron chi connectivity index (χ3n) is 2.31. The molecule has 106 valence electrons. The second-order valence-electron chi connectivity index (χ2n) is 3.90. The molecule has 1 aromatic carbocycles. The zero-order chi connectivity index (χ0) is 14.3. The normalized spacial score (nSPS) is 13.0. The predicted molar refractivity (Wildman–Crippen MR) is 72.7 cm³/mol. The summed E-state index contributed by atoms with van der Waals surface area (Å²) in [6.07, 6.45) is 0. The lowest BCUT2D eigenvalue weighted by Gasteiger charge is -2.13. The Hall–Kier alpha value is -1.86. The molecule has 1 aromatic rings. The van der Waals surface area contributed by atoms with Crippen molar-refractivity contribution < 1.29 is 13.9 Å². The molecule has 0 aromatic heterocycles. The van der Waals surface area contributed by atoms with E-state index in [1.165, 1.54) is 19.2 Å². The number of aliphatic imine (C=N–C) groups is 1. The number of nitrogens with two attached hydrogens (primary N) is 1. The van der Waals surface area contributed by atoms with Crippen molar-refractivity contribution in [3.8, 4) is 5.75 Å². The summed E-state index contributed by atoms with van der Waals surface area (Å²) in [6, 6.07) is 4.31. The molecule has 6 nitrogen and oxygen atoms in total. The van der Waals surface area contributed by atoms with Gasteiger partial charge in [0.25, 0.3) is 0 Å². The van der Waals surface area contributed by atoms with Gasteiger partial charge in [0.2, 0.25) is 5.96 Å². The van der Waals surface area contributed by atoms with E-state index in [1.807, 2.05) is 6.92 Å². The van der Waals surface area contributed by atoms with Crippen LogP contribution in [-0.4, -0.2) is 32.8 Å². The maximum Gasteiger partial charge on any atom is 0.210 e. The first-order valence-electron chi connectivity index (χ1n) is 5.74. The summed E-state index contributed by atoms with van der Waals surface area (Å²) in [5, 5.41) is 2.93. The maximum atomic E-state index is 13.3. The molecule has 0 heterocycles. The van der Waals surface area contributed by atoms with Crippen LogP contribution in [-0.2, 0) is 4.74 Å². The summed E-state index contributed by atoms with van der Waals surface area (Å²) < 4.78 is 23.1. The number of ether oxygens (including phenoxy) is 2. The van der Waals surface area contributed by atoms with Crippen LogP contribution in [0.2, 0.25) is 0 Å². The van der Waals surface area contributed by atoms with Crippen LogP contribution in [0.4, 0.5) is 10.1 Å². The fourth-order valence-electron chi connectivity index (χ4n) is 1.48. The number of rotatable bonds is 5. The van der Waals surface area contributed by atoms with Crippen molar-refractivity contribution in [1.82, 2.24) is 5.43 Å². The molecule has 0 aliphatic carbocycles. The van der Waals surface area contributed by atoms with Crippen LogP contribution in [0.3, 0.4) is 0 Å². The van der Waals surface area contributed by atoms with Crippen molar-refractivity contribution in [2.75, 3.05) is 26.1 Å². The minimum absolute atomic E-state index is 0.0640. The van der Waals surface area contributed by atoms with Crippen molar-refractivity contribution >= 4 is 11.6 Å². The Kier molecular flexibility index (Phi) is 6.04. The first-order chi connectivity index (χ1) is 9.10. The molecule has 0 amide bonds. The molecule has 0 bridgehead atoms. The van der Waals surface area contributed by atoms with Gasteiger partial charge in [-0.25, -0.2) is 15.2 Å². The predicted octanol–water partition coefficient (Wildman–Crippen LogP) is 1.10. The van der Waals surface area contributed by atoms with Gasteiger partial charge in [-0.1, -0.05) is 0 Å². The van der Waals surface area contributed by atoms with E-state index in [1.54, 1.807) is 13.2 Å². The molecule has 4 N–H and O–H groups in total. The van der Waals surface area contributed by atoms with E-state index in [2.05, 4.69) is 15.7 Å². The van der Waals surface area contributed by atoms with Crippen LogP contribution >= 0.6 is 0 Å². The number of nitrogens with zero attached hydrogens (tertiary/aromatic N) is 1. The van der Waals surface area contributed by atoms with E-state index in [9.17, 15) is 4.39 Å². The van der Waals surface area contributed by atoms with E-state index in [-0.39, 0.29) is 11.8 Å². The molecule has 0 radical (unpaired) electrons. The van der Waals surface area contributed by atoms with Crippen LogP contribution in [0.15, 0.2) is 23.2 Å². The fourth-order valence-corrected chi connectivity index (χ4v) is 1.48. The molecule has 0 saturated heterocycles. The molecule has 0 spiro atoms. The molecule has 1 rings (SSSR count). The fraction of sp³-hybridized carbons (Fsp3) is 0.417. The van der Waals surface area contributed by atoms with Crippen LogP contribution in [0.1, 0.15) is 6.92 Å². The summed E-state index contributed by atoms with van der Waals surface area (Å²) in [6.45, 7) is 2.35. The zero-order valence-electron chi connectivity index (χ0n) is 11.2. The zero-order valence-corrected chi connectivity index (χ0v) is 11.2. The number of halogens is 1. The van der Waals surface area contributed by atoms with Crippen LogP contribution < -0.4 is 21.3 Å². The summed E-state index contributed by atoms with van der Waals surface area (Å²) in [4.78, 5) is 4.27. The van der Waals surface area contributed by atoms with Gasteiger partial charge < -0.3 is 14.8 Å². The Morgan fingerprint density at radius 3 is 2.79 bits per heavy atom. The first-order valence-corrected chi connectivity index (χ1v) is 5.74. The average molecular weight is 270 g/mol. The lowest BCUT2D eigenvalue weighted by atomic mass is 10.3. The summed E-state index contributed by atoms with van der Waals surface area (Å²) in [5.41, 5.74) is 3.05. The highest BCUT2D eigenvalue weighted by Crippen LogP contribution is 2.21. The minimum Gasteiger partial charge on any atom is -0.494 e. The van der Waals surface area contributed by atoms with Gasteiger partial charge in [0.1, 0.15) is 0 Å². The Balaban J connectivity index is 2.81. The van der Waals surface area contributed by atoms with Gasteiger partial charge in [-0.15, -0.1) is 0 Å². The Labute approximate surface area is 111 Å². The highest BCUT2D eigenvalue weighted by molar-refractivity contribution is 5.93. The Morgan fingerprint density at radius 2 is 2.21 bits per heavy atom. The molecule has 19 heavy (non-hydrogen) atoms. The van der Waals surface area contributed by atoms with Gasteiger partial charge >= 0.3 is 0 Å². The van der Waals surface area contributed by atoms with E-state index < -0.39 is 5.82 Å². The van der Waals surface area contributed by atoms with Gasteiger partial charge in [-0.05, 0) is 19.1 Å². The highest BCUT2D eigenvalue weighted by atomic mass is 19.1. The van der Waals surface area contributed by atoms with Crippen molar-refractivity contribution in [2.45, 2.75) is 13.0 Å². The molecule has 7 heteroatoms. The number of hydrazine groups is 1. The summed E-state index contributed by atoms with van der Waals surface area (Å²) >= 11 is 0. The average Bonchev–Trinajstić information content (AvgIpc) is 2.40. The molecule has 0 saturated carbocycles. The van der Waals surface area contributed by atoms with Crippen molar-refractivity contribution in [3.63, 3.8) is 0 Å². The summed E-state index contributed by atoms with van der Waals surface area (Å²) in [7, 11) is 3.00. The second-order valence-corrected chi connectivity index (χ2v) is 3.90. The van der Waals surface area contributed by atoms with Gasteiger partial charge in [0.15, 0.2) is 11.6 Å². The number of nitrogens with one attached hydrogen (secondary N) is 2. The number of methoxy groups -OCH3 is 2. The smallest absolute Gasteiger partial charge is 0.210 e. The van der Waals surface area contributed by atoms with Gasteiger partial charge in [0.05, 0.1) is 19.8 Å². The standard InChI is InChI=1S/C12H19FN4O2/c1-8(7-18-2)15-12(17-14)16-9-4-5-10(13)11(6-9)19-3/h4-6,8H,7,14H2,1-3H3,(H2,15,16,17). The van der Waals surface area contributed by atoms with E-state index in [4.69, 9.17) is 15.3 Å². The molecular formula is C12H19FN4O2. The van der Waals surface area contributed by atoms with Crippen LogP contribution in [0.25, 0.3) is 0 Å². The largest absolute Gasteiger partial charge is 0.494 e.